The van der Waals surface area contributed by atoms with Crippen molar-refractivity contribution in [3.63, 3.8) is 0 Å². The van der Waals surface area contributed by atoms with Crippen molar-refractivity contribution >= 4 is 32.8 Å². The molecule has 0 spiro atoms. The summed E-state index contributed by atoms with van der Waals surface area (Å²) < 4.78 is 1.45. The number of hydrogen-bond acceptors (Lipinski definition) is 4. The maximum Gasteiger partial charge on any atom is 0.0962 e. The number of hydrogen-bond donors (Lipinski definition) is 1. The number of rotatable bonds is 4. The smallest absolute Gasteiger partial charge is 0.0962 e. The van der Waals surface area contributed by atoms with Crippen LogP contribution >= 0.6 is 11.3 Å². The van der Waals surface area contributed by atoms with Gasteiger partial charge in [-0.15, -0.1) is 11.3 Å². The van der Waals surface area contributed by atoms with Gasteiger partial charge in [0, 0.05) is 35.8 Å². The summed E-state index contributed by atoms with van der Waals surface area (Å²) in [4.78, 5) is 6.75. The van der Waals surface area contributed by atoms with Gasteiger partial charge in [0.15, 0.2) is 0 Å². The Morgan fingerprint density at radius 1 is 1.08 bits per heavy atom. The van der Waals surface area contributed by atoms with Crippen molar-refractivity contribution in [3.05, 3.63) is 59.0 Å². The normalized spacial score (nSPS) is 19.4. The molecule has 0 aliphatic carbocycles. The van der Waals surface area contributed by atoms with Crippen LogP contribution in [0.3, 0.4) is 0 Å². The third kappa shape index (κ3) is 2.78. The lowest BCUT2D eigenvalue weighted by Gasteiger charge is -2.29. The second-order valence-electron chi connectivity index (χ2n) is 7.41. The van der Waals surface area contributed by atoms with Gasteiger partial charge in [-0.05, 0) is 48.9 Å². The van der Waals surface area contributed by atoms with Gasteiger partial charge >= 0.3 is 0 Å². The molecular weight excluding hydrogens is 338 g/mol. The molecule has 0 bridgehead atoms. The Kier molecular flexibility index (Phi) is 4.10. The van der Waals surface area contributed by atoms with E-state index in [2.05, 4.69) is 70.6 Å². The summed E-state index contributed by atoms with van der Waals surface area (Å²) in [6.07, 6.45) is 2.80. The lowest BCUT2D eigenvalue weighted by molar-refractivity contribution is 0.254. The molecule has 1 N–H and O–H groups in total. The van der Waals surface area contributed by atoms with E-state index in [1.165, 1.54) is 47.4 Å². The van der Waals surface area contributed by atoms with E-state index in [-0.39, 0.29) is 0 Å². The molecule has 0 amide bonds. The van der Waals surface area contributed by atoms with Gasteiger partial charge in [0.2, 0.25) is 0 Å². The molecule has 1 unspecified atom stereocenters. The first-order valence-corrected chi connectivity index (χ1v) is 10.4. The van der Waals surface area contributed by atoms with Gasteiger partial charge < -0.3 is 10.2 Å². The highest BCUT2D eigenvalue weighted by Crippen LogP contribution is 2.36. The zero-order chi connectivity index (χ0) is 17.5. The number of fused-ring (bicyclic) bond motifs is 4. The van der Waals surface area contributed by atoms with Gasteiger partial charge in [-0.2, -0.15) is 0 Å². The number of nitrogens with one attached hydrogen (secondary N) is 1. The molecule has 0 radical (unpaired) electrons. The molecule has 26 heavy (non-hydrogen) atoms. The minimum Gasteiger partial charge on any atom is -0.364 e. The summed E-state index contributed by atoms with van der Waals surface area (Å²) in [5.41, 5.74) is 4.20. The van der Waals surface area contributed by atoms with Crippen LogP contribution in [0.5, 0.6) is 0 Å². The molecule has 3 heterocycles. The second kappa shape index (κ2) is 6.60. The van der Waals surface area contributed by atoms with Gasteiger partial charge in [0.25, 0.3) is 0 Å². The predicted octanol–water partition coefficient (Wildman–Crippen LogP) is 4.93. The monoisotopic (exact) mass is 363 g/mol. The Hall–Kier alpha value is -2.04. The summed E-state index contributed by atoms with van der Waals surface area (Å²) in [6.45, 7) is 6.85. The van der Waals surface area contributed by atoms with E-state index in [4.69, 9.17) is 0 Å². The zero-order valence-electron chi connectivity index (χ0n) is 15.2. The molecular formula is C22H25N3S. The van der Waals surface area contributed by atoms with Crippen molar-refractivity contribution < 1.29 is 0 Å². The van der Waals surface area contributed by atoms with Gasteiger partial charge in [0.05, 0.1) is 17.5 Å². The maximum atomic E-state index is 3.58. The summed E-state index contributed by atoms with van der Waals surface area (Å²) in [7, 11) is 0. The van der Waals surface area contributed by atoms with Crippen molar-refractivity contribution in [1.29, 1.82) is 0 Å². The molecule has 1 aromatic heterocycles. The van der Waals surface area contributed by atoms with E-state index in [1.807, 2.05) is 11.3 Å². The largest absolute Gasteiger partial charge is 0.364 e. The summed E-state index contributed by atoms with van der Waals surface area (Å²) in [6, 6.07) is 17.6. The number of benzene rings is 2. The number of thiophene rings is 1. The molecule has 3 aromatic rings. The topological polar surface area (TPSA) is 18.5 Å². The van der Waals surface area contributed by atoms with Crippen LogP contribution in [0.15, 0.2) is 48.5 Å². The van der Waals surface area contributed by atoms with Crippen LogP contribution in [0.4, 0.5) is 11.4 Å². The summed E-state index contributed by atoms with van der Waals surface area (Å²) >= 11 is 2.00. The number of para-hydroxylation sites is 2. The Morgan fingerprint density at radius 3 is 2.88 bits per heavy atom. The molecule has 2 aliphatic rings. The molecule has 4 heteroatoms. The van der Waals surface area contributed by atoms with Crippen LogP contribution in [0.25, 0.3) is 10.1 Å². The zero-order valence-corrected chi connectivity index (χ0v) is 16.1. The van der Waals surface area contributed by atoms with Gasteiger partial charge in [-0.25, -0.2) is 0 Å². The van der Waals surface area contributed by atoms with E-state index in [9.17, 15) is 0 Å². The van der Waals surface area contributed by atoms with Crippen molar-refractivity contribution in [2.75, 3.05) is 29.9 Å². The summed E-state index contributed by atoms with van der Waals surface area (Å²) in [5.74, 6) is 0. The molecule has 0 fully saturated rings. The lowest BCUT2D eigenvalue weighted by Crippen LogP contribution is -2.36. The molecule has 2 aliphatic heterocycles. The molecule has 2 aromatic carbocycles. The van der Waals surface area contributed by atoms with Gasteiger partial charge in [0.1, 0.15) is 0 Å². The minimum atomic E-state index is 0.390. The fourth-order valence-corrected chi connectivity index (χ4v) is 5.62. The van der Waals surface area contributed by atoms with Crippen molar-refractivity contribution in [2.45, 2.75) is 32.5 Å². The van der Waals surface area contributed by atoms with Crippen molar-refractivity contribution in [1.82, 2.24) is 4.90 Å². The average molecular weight is 364 g/mol. The Bertz CT molecular complexity index is 932. The second-order valence-corrected chi connectivity index (χ2v) is 8.55. The first kappa shape index (κ1) is 16.2. The number of anilines is 2. The van der Waals surface area contributed by atoms with Gasteiger partial charge in [-0.1, -0.05) is 30.3 Å². The fraction of sp³-hybridized carbons (Fsp3) is 0.364. The quantitative estimate of drug-likeness (QED) is 0.709. The molecule has 0 saturated heterocycles. The Balaban J connectivity index is 1.23. The van der Waals surface area contributed by atoms with E-state index < -0.39 is 0 Å². The SMILES string of the molecule is CC1Nc2ccccc2N1CCCN1CCc2sc3ccccc3c2C1. The Morgan fingerprint density at radius 2 is 1.92 bits per heavy atom. The summed E-state index contributed by atoms with van der Waals surface area (Å²) in [5, 5.41) is 5.05. The highest BCUT2D eigenvalue weighted by atomic mass is 32.1. The van der Waals surface area contributed by atoms with Crippen molar-refractivity contribution in [2.24, 2.45) is 0 Å². The Labute approximate surface area is 159 Å². The van der Waals surface area contributed by atoms with Gasteiger partial charge in [-0.3, -0.25) is 4.90 Å². The predicted molar refractivity (Wildman–Crippen MR) is 112 cm³/mol. The van der Waals surface area contributed by atoms with Crippen LogP contribution in [-0.4, -0.2) is 30.7 Å². The van der Waals surface area contributed by atoms with Crippen molar-refractivity contribution in [3.8, 4) is 0 Å². The lowest BCUT2D eigenvalue weighted by atomic mass is 10.0. The van der Waals surface area contributed by atoms with E-state index in [0.29, 0.717) is 6.17 Å². The van der Waals surface area contributed by atoms with Crippen LogP contribution < -0.4 is 10.2 Å². The molecule has 1 atom stereocenters. The third-order valence-electron chi connectivity index (χ3n) is 5.74. The van der Waals surface area contributed by atoms with Crippen LogP contribution in [0, 0.1) is 0 Å². The van der Waals surface area contributed by atoms with E-state index in [0.717, 1.165) is 13.1 Å². The van der Waals surface area contributed by atoms with E-state index in [1.54, 1.807) is 10.4 Å². The first-order chi connectivity index (χ1) is 12.8. The fourth-order valence-electron chi connectivity index (χ4n) is 4.41. The standard InChI is InChI=1S/C22H25N3S/c1-16-23-19-8-3-4-9-20(19)25(16)13-6-12-24-14-11-22-18(15-24)17-7-2-5-10-21(17)26-22/h2-5,7-10,16,23H,6,11-15H2,1H3. The highest BCUT2D eigenvalue weighted by Gasteiger charge is 2.25. The maximum absolute atomic E-state index is 3.58. The number of nitrogens with zero attached hydrogens (tertiary/aromatic N) is 2. The average Bonchev–Trinajstić information content (AvgIpc) is 3.19. The molecule has 5 rings (SSSR count). The molecule has 3 nitrogen and oxygen atoms in total. The van der Waals surface area contributed by atoms with Crippen LogP contribution in [0.1, 0.15) is 23.8 Å². The highest BCUT2D eigenvalue weighted by molar-refractivity contribution is 7.19. The minimum absolute atomic E-state index is 0.390. The van der Waals surface area contributed by atoms with E-state index >= 15 is 0 Å². The van der Waals surface area contributed by atoms with Crippen LogP contribution in [-0.2, 0) is 13.0 Å². The first-order valence-electron chi connectivity index (χ1n) is 9.63. The van der Waals surface area contributed by atoms with Crippen LogP contribution in [0.2, 0.25) is 0 Å². The third-order valence-corrected chi connectivity index (χ3v) is 7.01. The molecule has 0 saturated carbocycles. The molecule has 134 valence electrons.